The number of hydrogen-bond donors (Lipinski definition) is 0. The van der Waals surface area contributed by atoms with E-state index in [2.05, 4.69) is 39.7 Å². The van der Waals surface area contributed by atoms with E-state index in [1.165, 1.54) is 6.42 Å². The first-order valence-corrected chi connectivity index (χ1v) is 7.06. The standard InChI is InChI=1S/C11H14BrN3S/c1-8(2)3-6-16-11-10-13-4-5-15(10)7-9(12)14-11/h4-5,7-8H,3,6H2,1-2H3. The molecular weight excluding hydrogens is 286 g/mol. The lowest BCUT2D eigenvalue weighted by Gasteiger charge is -2.05. The third-order valence-corrected chi connectivity index (χ3v) is 3.62. The zero-order valence-corrected chi connectivity index (χ0v) is 11.8. The van der Waals surface area contributed by atoms with Crippen LogP contribution < -0.4 is 0 Å². The molecule has 0 spiro atoms. The van der Waals surface area contributed by atoms with Gasteiger partial charge < -0.3 is 4.40 Å². The van der Waals surface area contributed by atoms with Gasteiger partial charge in [0.05, 0.1) is 0 Å². The topological polar surface area (TPSA) is 30.2 Å². The van der Waals surface area contributed by atoms with Gasteiger partial charge in [-0.2, -0.15) is 0 Å². The second kappa shape index (κ2) is 5.19. The summed E-state index contributed by atoms with van der Waals surface area (Å²) in [7, 11) is 0. The van der Waals surface area contributed by atoms with Crippen LogP contribution in [0.4, 0.5) is 0 Å². The lowest BCUT2D eigenvalue weighted by molar-refractivity contribution is 0.632. The lowest BCUT2D eigenvalue weighted by Crippen LogP contribution is -1.94. The van der Waals surface area contributed by atoms with Crippen LogP contribution in [0.3, 0.4) is 0 Å². The van der Waals surface area contributed by atoms with Crippen LogP contribution in [0, 0.1) is 5.92 Å². The Bertz CT molecular complexity index is 481. The van der Waals surface area contributed by atoms with Crippen molar-refractivity contribution in [1.29, 1.82) is 0 Å². The van der Waals surface area contributed by atoms with Gasteiger partial charge in [0.25, 0.3) is 0 Å². The minimum Gasteiger partial charge on any atom is -0.302 e. The van der Waals surface area contributed by atoms with E-state index >= 15 is 0 Å². The zero-order chi connectivity index (χ0) is 11.5. The molecule has 0 aromatic carbocycles. The van der Waals surface area contributed by atoms with Gasteiger partial charge in [-0.3, -0.25) is 0 Å². The maximum atomic E-state index is 4.47. The summed E-state index contributed by atoms with van der Waals surface area (Å²) in [5.74, 6) is 1.82. The first kappa shape index (κ1) is 11.9. The summed E-state index contributed by atoms with van der Waals surface area (Å²) >= 11 is 5.19. The smallest absolute Gasteiger partial charge is 0.169 e. The second-order valence-electron chi connectivity index (χ2n) is 4.06. The van der Waals surface area contributed by atoms with Crippen molar-refractivity contribution in [3.8, 4) is 0 Å². The lowest BCUT2D eigenvalue weighted by atomic mass is 10.2. The van der Waals surface area contributed by atoms with E-state index in [1.807, 2.05) is 16.8 Å². The highest BCUT2D eigenvalue weighted by atomic mass is 79.9. The van der Waals surface area contributed by atoms with Crippen LogP contribution in [0.1, 0.15) is 20.3 Å². The Morgan fingerprint density at radius 3 is 3.06 bits per heavy atom. The van der Waals surface area contributed by atoms with Gasteiger partial charge in [0.1, 0.15) is 9.63 Å². The van der Waals surface area contributed by atoms with E-state index in [4.69, 9.17) is 0 Å². The minimum absolute atomic E-state index is 0.732. The van der Waals surface area contributed by atoms with Gasteiger partial charge >= 0.3 is 0 Å². The molecule has 0 saturated carbocycles. The van der Waals surface area contributed by atoms with Gasteiger partial charge in [-0.1, -0.05) is 13.8 Å². The summed E-state index contributed by atoms with van der Waals surface area (Å²) in [6.07, 6.45) is 6.87. The van der Waals surface area contributed by atoms with E-state index in [0.29, 0.717) is 0 Å². The summed E-state index contributed by atoms with van der Waals surface area (Å²) in [5.41, 5.74) is 0.942. The maximum absolute atomic E-state index is 4.47. The van der Waals surface area contributed by atoms with Crippen molar-refractivity contribution in [2.45, 2.75) is 25.3 Å². The Balaban J connectivity index is 2.19. The summed E-state index contributed by atoms with van der Waals surface area (Å²) in [5, 5.41) is 1.00. The fraction of sp³-hybridized carbons (Fsp3) is 0.455. The molecular formula is C11H14BrN3S. The van der Waals surface area contributed by atoms with Crippen LogP contribution in [0.5, 0.6) is 0 Å². The Kier molecular flexibility index (Phi) is 3.86. The van der Waals surface area contributed by atoms with E-state index < -0.39 is 0 Å². The molecule has 2 aromatic heterocycles. The molecule has 0 atom stereocenters. The Labute approximate surface area is 108 Å². The summed E-state index contributed by atoms with van der Waals surface area (Å²) in [6, 6.07) is 0. The molecule has 0 saturated heterocycles. The largest absolute Gasteiger partial charge is 0.302 e. The van der Waals surface area contributed by atoms with Gasteiger partial charge in [-0.05, 0) is 34.0 Å². The molecule has 0 aliphatic heterocycles. The normalized spacial score (nSPS) is 11.5. The number of fused-ring (bicyclic) bond motifs is 1. The second-order valence-corrected chi connectivity index (χ2v) is 5.95. The van der Waals surface area contributed by atoms with E-state index in [9.17, 15) is 0 Å². The van der Waals surface area contributed by atoms with Crippen LogP contribution in [0.25, 0.3) is 5.65 Å². The number of thioether (sulfide) groups is 1. The number of aromatic nitrogens is 3. The van der Waals surface area contributed by atoms with Crippen LogP contribution >= 0.6 is 27.7 Å². The Morgan fingerprint density at radius 2 is 2.31 bits per heavy atom. The maximum Gasteiger partial charge on any atom is 0.169 e. The zero-order valence-electron chi connectivity index (χ0n) is 9.35. The van der Waals surface area contributed by atoms with Gasteiger partial charge in [0.15, 0.2) is 5.65 Å². The number of imidazole rings is 1. The Morgan fingerprint density at radius 1 is 1.50 bits per heavy atom. The predicted octanol–water partition coefficient (Wildman–Crippen LogP) is 3.63. The average molecular weight is 300 g/mol. The molecule has 16 heavy (non-hydrogen) atoms. The highest BCUT2D eigenvalue weighted by Crippen LogP contribution is 2.24. The third-order valence-electron chi connectivity index (χ3n) is 2.25. The van der Waals surface area contributed by atoms with Crippen molar-refractivity contribution >= 4 is 33.3 Å². The molecule has 0 fully saturated rings. The van der Waals surface area contributed by atoms with E-state index in [0.717, 1.165) is 26.9 Å². The molecule has 0 bridgehead atoms. The van der Waals surface area contributed by atoms with Crippen molar-refractivity contribution < 1.29 is 0 Å². The SMILES string of the molecule is CC(C)CCSc1nc(Br)cn2ccnc12. The fourth-order valence-electron chi connectivity index (χ4n) is 1.36. The number of nitrogens with zero attached hydrogens (tertiary/aromatic N) is 3. The van der Waals surface area contributed by atoms with Crippen molar-refractivity contribution in [1.82, 2.24) is 14.4 Å². The molecule has 0 radical (unpaired) electrons. The van der Waals surface area contributed by atoms with Crippen LogP contribution in [-0.2, 0) is 0 Å². The average Bonchev–Trinajstić information content (AvgIpc) is 2.64. The Hall–Kier alpha value is -0.550. The van der Waals surface area contributed by atoms with Gasteiger partial charge in [-0.15, -0.1) is 11.8 Å². The first-order valence-electron chi connectivity index (χ1n) is 5.29. The quantitative estimate of drug-likeness (QED) is 0.808. The molecule has 0 unspecified atom stereocenters. The van der Waals surface area contributed by atoms with E-state index in [1.54, 1.807) is 18.0 Å². The fourth-order valence-corrected chi connectivity index (χ4v) is 3.11. The molecule has 86 valence electrons. The molecule has 0 aliphatic carbocycles. The highest BCUT2D eigenvalue weighted by Gasteiger charge is 2.07. The number of rotatable bonds is 4. The minimum atomic E-state index is 0.732. The molecule has 2 heterocycles. The van der Waals surface area contributed by atoms with E-state index in [-0.39, 0.29) is 0 Å². The van der Waals surface area contributed by atoms with Gasteiger partial charge in [0, 0.05) is 18.6 Å². The number of hydrogen-bond acceptors (Lipinski definition) is 3. The van der Waals surface area contributed by atoms with Gasteiger partial charge in [0.2, 0.25) is 0 Å². The molecule has 3 nitrogen and oxygen atoms in total. The van der Waals surface area contributed by atoms with Crippen molar-refractivity contribution in [3.63, 3.8) is 0 Å². The summed E-state index contributed by atoms with van der Waals surface area (Å²) in [6.45, 7) is 4.47. The predicted molar refractivity (Wildman–Crippen MR) is 70.9 cm³/mol. The van der Waals surface area contributed by atoms with Crippen LogP contribution in [-0.4, -0.2) is 20.1 Å². The third kappa shape index (κ3) is 2.77. The van der Waals surface area contributed by atoms with Gasteiger partial charge in [-0.25, -0.2) is 9.97 Å². The van der Waals surface area contributed by atoms with Crippen LogP contribution in [0.2, 0.25) is 0 Å². The molecule has 5 heteroatoms. The molecule has 0 amide bonds. The molecule has 2 aromatic rings. The van der Waals surface area contributed by atoms with Crippen molar-refractivity contribution in [2.24, 2.45) is 5.92 Å². The molecule has 2 rings (SSSR count). The van der Waals surface area contributed by atoms with Crippen LogP contribution in [0.15, 0.2) is 28.2 Å². The monoisotopic (exact) mass is 299 g/mol. The molecule has 0 N–H and O–H groups in total. The highest BCUT2D eigenvalue weighted by molar-refractivity contribution is 9.10. The summed E-state index contributed by atoms with van der Waals surface area (Å²) in [4.78, 5) is 8.78. The van der Waals surface area contributed by atoms with Crippen molar-refractivity contribution in [3.05, 3.63) is 23.2 Å². The molecule has 0 aliphatic rings. The number of halogens is 1. The summed E-state index contributed by atoms with van der Waals surface area (Å²) < 4.78 is 2.85. The van der Waals surface area contributed by atoms with Crippen molar-refractivity contribution in [2.75, 3.05) is 5.75 Å². The first-order chi connectivity index (χ1) is 7.66.